The summed E-state index contributed by atoms with van der Waals surface area (Å²) in [6.45, 7) is 17.9. The number of rotatable bonds is 25. The SMILES string of the molecule is CCc1ccc(Oc2ccc(-c3ccccc3)nc2)nc1C.CCc1ccc(Oc2ccc(-c3nccs3)cc2)nc1C.COc1cc(-c2ccc(Oc3cc(C)c(N)cn3)cc2)ccn1.COc1ccc(-c2ccc(Oc3cc(C)c(N)cn3)cc2)cn1.Cc1cc(Oc2ccc(-c3cn[nH]c3)cc2)ncc1N.Cc1cc(Oc2ccc(-c3cnc[nH]3)cc2)ncc1N.Cc1cc(Oc2ccc(-c3nn[nH]n3)cc2)ncc1N. The number of hydrogen-bond donors (Lipinski definition) is 8. The number of benzene rings is 7. The van der Waals surface area contributed by atoms with E-state index in [0.717, 1.165) is 141 Å². The van der Waals surface area contributed by atoms with Crippen LogP contribution < -0.4 is 71.3 Å². The zero-order valence-corrected chi connectivity index (χ0v) is 84.3. The second kappa shape index (κ2) is 51.4. The molecule has 0 aliphatic carbocycles. The Morgan fingerprint density at radius 2 is 0.711 bits per heavy atom. The summed E-state index contributed by atoms with van der Waals surface area (Å²) in [7, 11) is 3.20. The van der Waals surface area contributed by atoms with Gasteiger partial charge < -0.3 is 76.3 Å². The Hall–Kier alpha value is -19.6. The van der Waals surface area contributed by atoms with Crippen molar-refractivity contribution in [2.75, 3.05) is 42.9 Å². The molecule has 0 spiro atoms. The van der Waals surface area contributed by atoms with Crippen LogP contribution in [-0.2, 0) is 12.8 Å². The minimum absolute atomic E-state index is 0.504. The third-order valence-electron chi connectivity index (χ3n) is 22.7. The minimum Gasteiger partial charge on any atom is -0.481 e. The highest BCUT2D eigenvalue weighted by Crippen LogP contribution is 2.36. The van der Waals surface area contributed by atoms with E-state index in [2.05, 4.69) is 122 Å². The molecule has 7 aromatic carbocycles. The molecule has 0 bridgehead atoms. The van der Waals surface area contributed by atoms with E-state index >= 15 is 0 Å². The van der Waals surface area contributed by atoms with E-state index in [9.17, 15) is 0 Å². The van der Waals surface area contributed by atoms with Crippen molar-refractivity contribution in [3.63, 3.8) is 0 Å². The lowest BCUT2D eigenvalue weighted by molar-refractivity contribution is 0.398. The number of tetrazole rings is 1. The zero-order chi connectivity index (χ0) is 104. The summed E-state index contributed by atoms with van der Waals surface area (Å²) in [5.41, 5.74) is 53.4. The van der Waals surface area contributed by atoms with Gasteiger partial charge in [-0.3, -0.25) is 10.1 Å². The first kappa shape index (κ1) is 104. The Balaban J connectivity index is 0.000000130. The highest BCUT2D eigenvalue weighted by atomic mass is 32.1. The molecule has 21 aromatic rings. The van der Waals surface area contributed by atoms with Gasteiger partial charge in [0.15, 0.2) is 0 Å². The van der Waals surface area contributed by atoms with Crippen molar-refractivity contribution in [2.45, 2.75) is 75.2 Å². The fourth-order valence-electron chi connectivity index (χ4n) is 14.1. The minimum atomic E-state index is 0.504. The highest BCUT2D eigenvalue weighted by molar-refractivity contribution is 7.13. The van der Waals surface area contributed by atoms with Crippen LogP contribution in [0.4, 0.5) is 28.4 Å². The summed E-state index contributed by atoms with van der Waals surface area (Å²) in [6.07, 6.45) is 24.0. The fourth-order valence-corrected chi connectivity index (χ4v) is 14.7. The van der Waals surface area contributed by atoms with Crippen LogP contribution in [0.15, 0.2) is 353 Å². The summed E-state index contributed by atoms with van der Waals surface area (Å²) in [5, 5.41) is 23.5. The lowest BCUT2D eigenvalue weighted by Gasteiger charge is -2.08. The van der Waals surface area contributed by atoms with Crippen molar-refractivity contribution >= 4 is 39.8 Å². The summed E-state index contributed by atoms with van der Waals surface area (Å²) in [5.74, 6) is 10.6. The number of pyridine rings is 10. The molecule has 33 nitrogen and oxygen atoms in total. The fraction of sp³-hybridized carbons (Fsp3) is 0.113. The van der Waals surface area contributed by atoms with Gasteiger partial charge in [-0.25, -0.2) is 54.8 Å². The Labute approximate surface area is 865 Å². The highest BCUT2D eigenvalue weighted by Gasteiger charge is 2.15. The molecule has 0 aliphatic heterocycles. The number of hydrogen-bond acceptors (Lipinski definition) is 31. The molecular weight excluding hydrogens is 1890 g/mol. The average molecular weight is 2000 g/mol. The molecule has 748 valence electrons. The average Bonchev–Trinajstić information content (AvgIpc) is 1.17. The topological polar surface area (TPSA) is 467 Å². The van der Waals surface area contributed by atoms with E-state index < -0.39 is 0 Å². The molecule has 14 heterocycles. The molecule has 34 heteroatoms. The number of nitrogens with two attached hydrogens (primary N) is 5. The number of imidazole rings is 1. The second-order valence-electron chi connectivity index (χ2n) is 33.2. The van der Waals surface area contributed by atoms with Crippen molar-refractivity contribution in [3.05, 3.63) is 403 Å². The van der Waals surface area contributed by atoms with E-state index in [4.69, 9.17) is 71.3 Å². The predicted molar refractivity (Wildman–Crippen MR) is 581 cm³/mol. The van der Waals surface area contributed by atoms with Crippen LogP contribution in [0.3, 0.4) is 0 Å². The van der Waals surface area contributed by atoms with Crippen LogP contribution in [0.2, 0.25) is 0 Å². The molecule has 0 atom stereocenters. The summed E-state index contributed by atoms with van der Waals surface area (Å²) in [6, 6.07) is 84.8. The number of thiazole rings is 1. The van der Waals surface area contributed by atoms with Crippen LogP contribution >= 0.6 is 11.3 Å². The van der Waals surface area contributed by atoms with E-state index in [-0.39, 0.29) is 0 Å². The van der Waals surface area contributed by atoms with Gasteiger partial charge in [-0.05, 0) is 267 Å². The van der Waals surface area contributed by atoms with Gasteiger partial charge in [-0.2, -0.15) is 10.3 Å². The van der Waals surface area contributed by atoms with Gasteiger partial charge in [-0.15, -0.1) is 21.5 Å². The van der Waals surface area contributed by atoms with Gasteiger partial charge in [-0.1, -0.05) is 92.7 Å². The normalized spacial score (nSPS) is 10.4. The number of aromatic nitrogens is 19. The van der Waals surface area contributed by atoms with Crippen molar-refractivity contribution in [1.82, 2.24) is 95.6 Å². The van der Waals surface area contributed by atoms with Crippen LogP contribution in [0, 0.1) is 48.5 Å². The Morgan fingerprint density at radius 3 is 1.08 bits per heavy atom. The molecule has 0 amide bonds. The molecule has 13 N–H and O–H groups in total. The number of nitrogens with zero attached hydrogens (tertiary/aromatic N) is 16. The van der Waals surface area contributed by atoms with E-state index in [1.54, 1.807) is 99.9 Å². The molecule has 0 radical (unpaired) electrons. The number of methoxy groups -OCH3 is 2. The number of nitrogens with one attached hydrogen (secondary N) is 3. The van der Waals surface area contributed by atoms with Gasteiger partial charge in [0, 0.05) is 124 Å². The molecule has 0 unspecified atom stereocenters. The molecule has 0 saturated carbocycles. The molecule has 21 rings (SSSR count). The number of nitrogen functional groups attached to an aromatic ring is 5. The Morgan fingerprint density at radius 1 is 0.309 bits per heavy atom. The predicted octanol–water partition coefficient (Wildman–Crippen LogP) is 25.6. The number of H-pyrrole nitrogens is 3. The van der Waals surface area contributed by atoms with Gasteiger partial charge in [0.1, 0.15) is 45.3 Å². The second-order valence-corrected chi connectivity index (χ2v) is 34.1. The quantitative estimate of drug-likeness (QED) is 0.0263. The van der Waals surface area contributed by atoms with Crippen molar-refractivity contribution in [1.29, 1.82) is 0 Å². The van der Waals surface area contributed by atoms with E-state index in [1.165, 1.54) is 11.1 Å². The number of anilines is 5. The van der Waals surface area contributed by atoms with Gasteiger partial charge in [0.05, 0.1) is 110 Å². The number of aromatic amines is 3. The first-order valence-corrected chi connectivity index (χ1v) is 47.9. The van der Waals surface area contributed by atoms with Gasteiger partial charge in [0.25, 0.3) is 0 Å². The zero-order valence-electron chi connectivity index (χ0n) is 83.5. The lowest BCUT2D eigenvalue weighted by Crippen LogP contribution is -1.94. The maximum absolute atomic E-state index is 5.80. The first-order valence-electron chi connectivity index (χ1n) is 47.0. The number of aryl methyl sites for hydroxylation is 9. The van der Waals surface area contributed by atoms with Crippen LogP contribution in [-0.4, -0.2) is 110 Å². The van der Waals surface area contributed by atoms with Crippen LogP contribution in [0.1, 0.15) is 64.2 Å². The van der Waals surface area contributed by atoms with Crippen molar-refractivity contribution in [3.8, 4) is 171 Å². The van der Waals surface area contributed by atoms with Crippen molar-refractivity contribution < 1.29 is 42.6 Å². The molecule has 14 aromatic heterocycles. The molecule has 149 heavy (non-hydrogen) atoms. The lowest BCUT2D eigenvalue weighted by atomic mass is 10.1. The van der Waals surface area contributed by atoms with Gasteiger partial charge in [0.2, 0.25) is 58.7 Å². The molecule has 0 aliphatic rings. The maximum Gasteiger partial charge on any atom is 0.219 e. The van der Waals surface area contributed by atoms with Gasteiger partial charge >= 0.3 is 0 Å². The summed E-state index contributed by atoms with van der Waals surface area (Å²) in [4.78, 5) is 53.8. The maximum atomic E-state index is 5.80. The number of ether oxygens (including phenoxy) is 9. The first-order chi connectivity index (χ1) is 72.5. The third kappa shape index (κ3) is 30.0. The largest absolute Gasteiger partial charge is 0.481 e. The summed E-state index contributed by atoms with van der Waals surface area (Å²) >= 11 is 1.63. The van der Waals surface area contributed by atoms with Crippen LogP contribution in [0.5, 0.6) is 93.2 Å². The molecular formula is C115H108N24O9S. The van der Waals surface area contributed by atoms with Crippen molar-refractivity contribution in [2.24, 2.45) is 0 Å². The monoisotopic (exact) mass is 2000 g/mol. The smallest absolute Gasteiger partial charge is 0.219 e. The van der Waals surface area contributed by atoms with Crippen LogP contribution in [0.25, 0.3) is 77.9 Å². The van der Waals surface area contributed by atoms with E-state index in [1.807, 2.05) is 315 Å². The summed E-state index contributed by atoms with van der Waals surface area (Å²) < 4.78 is 50.3. The van der Waals surface area contributed by atoms with E-state index in [0.29, 0.717) is 110 Å². The Kier molecular flexibility index (Phi) is 35.7. The molecule has 0 saturated heterocycles. The standard InChI is InChI=1S/C19H18N2O.2C18H17N3O2.C17H16N2OS.2C15H14N4O.C13H12N6O/c1-3-15-9-12-19(21-14(15)2)22-17-10-11-18(20-13-17)16-7-5-4-6-8-16;1-12-9-18(21-11-16(12)19)23-15-6-3-13(4-7-15)14-5-8-17(22-2)20-10-14;1-12-9-18(21-11-16(12)19)23-15-5-3-13(4-6-15)14-7-8-20-17(10-14)22-2;1-3-13-6-9-16(19-12(13)2)20-15-7-4-14(5-8-15)17-18-10-11-21-17;1-10-6-15(17-9-14(10)16)20-13-4-2-11(3-5-13)12-7-18-19-8-12;1-10-6-15(18-7-13(10)16)20-12-4-2-11(3-5-12)14-8-17-9-19-14;1-8-6-12(15-7-11(8)14)20-10-4-2-9(3-5-10)13-16-18-19-17-13/h4-13H,3H2,1-2H3;2*3-11H,19H2,1-2H3;4-11H,3H2,1-2H3;2-9H,16H2,1H3,(H,18,19);2-9H,16H2,1H3,(H,17,19);2-7H,14H2,1H3,(H,16,17,18,19). The Bertz CT molecular complexity index is 7510. The molecule has 0 fully saturated rings. The third-order valence-corrected chi connectivity index (χ3v) is 23.5.